The van der Waals surface area contributed by atoms with Crippen LogP contribution in [-0.2, 0) is 6.42 Å². The summed E-state index contributed by atoms with van der Waals surface area (Å²) in [4.78, 5) is 5.91. The van der Waals surface area contributed by atoms with Gasteiger partial charge in [0.2, 0.25) is 0 Å². The predicted molar refractivity (Wildman–Crippen MR) is 95.1 cm³/mol. The summed E-state index contributed by atoms with van der Waals surface area (Å²) < 4.78 is 0. The maximum Gasteiger partial charge on any atom is 0.144 e. The van der Waals surface area contributed by atoms with Gasteiger partial charge in [-0.05, 0) is 35.6 Å². The van der Waals surface area contributed by atoms with E-state index in [0.29, 0.717) is 0 Å². The number of amidine groups is 1. The Morgan fingerprint density at radius 2 is 1.59 bits per heavy atom. The Kier molecular flexibility index (Phi) is 5.00. The average molecular weight is 306 g/mol. The number of hydrogen-bond donors (Lipinski definition) is 1. The van der Waals surface area contributed by atoms with Crippen LogP contribution in [-0.4, -0.2) is 12.4 Å². The molecule has 2 nitrogen and oxygen atoms in total. The highest BCUT2D eigenvalue weighted by Crippen LogP contribution is 2.15. The fourth-order valence-corrected chi connectivity index (χ4v) is 2.89. The Bertz CT molecular complexity index is 704. The van der Waals surface area contributed by atoms with E-state index in [1.807, 2.05) is 36.4 Å². The summed E-state index contributed by atoms with van der Waals surface area (Å²) in [6.07, 6.45) is 0.986. The summed E-state index contributed by atoms with van der Waals surface area (Å²) in [7, 11) is 0. The molecular formula is C19H18N2S. The lowest BCUT2D eigenvalue weighted by Crippen LogP contribution is -2.25. The van der Waals surface area contributed by atoms with Crippen molar-refractivity contribution in [2.45, 2.75) is 6.42 Å². The Labute approximate surface area is 135 Å². The molecule has 1 aromatic heterocycles. The lowest BCUT2D eigenvalue weighted by molar-refractivity contribution is 0.867. The molecule has 2 aromatic carbocycles. The first-order valence-corrected chi connectivity index (χ1v) is 8.25. The van der Waals surface area contributed by atoms with Gasteiger partial charge >= 0.3 is 0 Å². The van der Waals surface area contributed by atoms with E-state index >= 15 is 0 Å². The number of rotatable bonds is 5. The molecule has 0 saturated heterocycles. The maximum atomic E-state index is 4.75. The number of nitrogens with one attached hydrogen (secondary N) is 1. The molecule has 1 heterocycles. The van der Waals surface area contributed by atoms with E-state index in [9.17, 15) is 0 Å². The van der Waals surface area contributed by atoms with Crippen LogP contribution in [0.2, 0.25) is 0 Å². The van der Waals surface area contributed by atoms with Gasteiger partial charge in [0, 0.05) is 6.54 Å². The maximum absolute atomic E-state index is 4.75. The third-order valence-corrected chi connectivity index (χ3v) is 4.18. The average Bonchev–Trinajstić information content (AvgIpc) is 3.10. The summed E-state index contributed by atoms with van der Waals surface area (Å²) in [5, 5.41) is 5.56. The van der Waals surface area contributed by atoms with Crippen molar-refractivity contribution >= 4 is 22.9 Å². The number of hydrogen-bond acceptors (Lipinski definition) is 2. The van der Waals surface area contributed by atoms with Crippen LogP contribution in [0, 0.1) is 0 Å². The summed E-state index contributed by atoms with van der Waals surface area (Å²) in [5.41, 5.74) is 2.30. The molecule has 0 radical (unpaired) electrons. The summed E-state index contributed by atoms with van der Waals surface area (Å²) in [6.45, 7) is 0.869. The van der Waals surface area contributed by atoms with Gasteiger partial charge in [-0.25, -0.2) is 4.99 Å². The van der Waals surface area contributed by atoms with Gasteiger partial charge in [-0.15, -0.1) is 11.3 Å². The minimum Gasteiger partial charge on any atom is -0.369 e. The molecule has 0 aliphatic rings. The Morgan fingerprint density at radius 3 is 2.27 bits per heavy atom. The molecule has 0 amide bonds. The van der Waals surface area contributed by atoms with Crippen LogP contribution in [0.25, 0.3) is 0 Å². The highest BCUT2D eigenvalue weighted by molar-refractivity contribution is 7.12. The van der Waals surface area contributed by atoms with Crippen LogP contribution >= 0.6 is 11.3 Å². The molecule has 22 heavy (non-hydrogen) atoms. The summed E-state index contributed by atoms with van der Waals surface area (Å²) >= 11 is 1.70. The standard InChI is InChI=1S/C19H18N2S/c1-3-8-16(9-4-1)13-14-20-19(18-12-7-15-22-18)21-17-10-5-2-6-11-17/h1-12,15H,13-14H2,(H,20,21). The van der Waals surface area contributed by atoms with Crippen molar-refractivity contribution in [2.24, 2.45) is 4.99 Å². The van der Waals surface area contributed by atoms with Gasteiger partial charge in [0.25, 0.3) is 0 Å². The van der Waals surface area contributed by atoms with Gasteiger partial charge < -0.3 is 5.32 Å². The highest BCUT2D eigenvalue weighted by Gasteiger charge is 2.04. The van der Waals surface area contributed by atoms with Crippen molar-refractivity contribution < 1.29 is 0 Å². The number of nitrogens with zero attached hydrogens (tertiary/aromatic N) is 1. The zero-order valence-electron chi connectivity index (χ0n) is 12.3. The molecule has 0 aliphatic heterocycles. The van der Waals surface area contributed by atoms with E-state index in [0.717, 1.165) is 29.4 Å². The Morgan fingerprint density at radius 1 is 0.864 bits per heavy atom. The van der Waals surface area contributed by atoms with Crippen LogP contribution in [0.5, 0.6) is 0 Å². The SMILES string of the molecule is c1ccc(CCN/C(=N\c2ccccc2)c2cccs2)cc1. The Hall–Kier alpha value is -2.39. The van der Waals surface area contributed by atoms with Crippen LogP contribution in [0.1, 0.15) is 10.4 Å². The van der Waals surface area contributed by atoms with Crippen LogP contribution in [0.15, 0.2) is 83.2 Å². The van der Waals surface area contributed by atoms with Gasteiger partial charge in [-0.3, -0.25) is 0 Å². The van der Waals surface area contributed by atoms with Gasteiger partial charge in [0.05, 0.1) is 10.6 Å². The minimum atomic E-state index is 0.869. The number of thiophene rings is 1. The van der Waals surface area contributed by atoms with Crippen molar-refractivity contribution in [1.82, 2.24) is 5.32 Å². The fraction of sp³-hybridized carbons (Fsp3) is 0.105. The van der Waals surface area contributed by atoms with E-state index in [2.05, 4.69) is 47.1 Å². The van der Waals surface area contributed by atoms with E-state index in [-0.39, 0.29) is 0 Å². The van der Waals surface area contributed by atoms with Gasteiger partial charge in [0.15, 0.2) is 0 Å². The van der Waals surface area contributed by atoms with Crippen molar-refractivity contribution in [3.8, 4) is 0 Å². The quantitative estimate of drug-likeness (QED) is 0.538. The first-order valence-electron chi connectivity index (χ1n) is 7.37. The van der Waals surface area contributed by atoms with Crippen molar-refractivity contribution in [3.05, 3.63) is 88.6 Å². The van der Waals surface area contributed by atoms with Gasteiger partial charge in [-0.1, -0.05) is 54.6 Å². The molecule has 3 rings (SSSR count). The molecule has 0 atom stereocenters. The van der Waals surface area contributed by atoms with E-state index in [1.54, 1.807) is 11.3 Å². The smallest absolute Gasteiger partial charge is 0.144 e. The lowest BCUT2D eigenvalue weighted by Gasteiger charge is -2.09. The van der Waals surface area contributed by atoms with E-state index in [4.69, 9.17) is 4.99 Å². The predicted octanol–water partition coefficient (Wildman–Crippen LogP) is 4.66. The summed E-state index contributed by atoms with van der Waals surface area (Å²) in [5.74, 6) is 0.942. The molecule has 3 heteroatoms. The summed E-state index contributed by atoms with van der Waals surface area (Å²) in [6, 6.07) is 24.7. The molecule has 0 spiro atoms. The van der Waals surface area contributed by atoms with Crippen LogP contribution in [0.3, 0.4) is 0 Å². The van der Waals surface area contributed by atoms with E-state index in [1.165, 1.54) is 5.56 Å². The molecule has 1 N–H and O–H groups in total. The van der Waals surface area contributed by atoms with Crippen molar-refractivity contribution in [2.75, 3.05) is 6.54 Å². The number of para-hydroxylation sites is 1. The van der Waals surface area contributed by atoms with Crippen molar-refractivity contribution in [3.63, 3.8) is 0 Å². The van der Waals surface area contributed by atoms with Gasteiger partial charge in [0.1, 0.15) is 5.84 Å². The number of aliphatic imine (C=N–C) groups is 1. The first kappa shape index (κ1) is 14.5. The first-order chi connectivity index (χ1) is 10.9. The molecular weight excluding hydrogens is 288 g/mol. The van der Waals surface area contributed by atoms with Crippen LogP contribution in [0.4, 0.5) is 5.69 Å². The molecule has 110 valence electrons. The fourth-order valence-electron chi connectivity index (χ4n) is 2.20. The highest BCUT2D eigenvalue weighted by atomic mass is 32.1. The second-order valence-corrected chi connectivity index (χ2v) is 5.88. The number of benzene rings is 2. The second-order valence-electron chi connectivity index (χ2n) is 4.94. The van der Waals surface area contributed by atoms with Gasteiger partial charge in [-0.2, -0.15) is 0 Å². The molecule has 0 aliphatic carbocycles. The second kappa shape index (κ2) is 7.57. The van der Waals surface area contributed by atoms with Crippen LogP contribution < -0.4 is 5.32 Å². The van der Waals surface area contributed by atoms with Crippen molar-refractivity contribution in [1.29, 1.82) is 0 Å². The Balaban J connectivity index is 1.71. The lowest BCUT2D eigenvalue weighted by atomic mass is 10.1. The normalized spacial score (nSPS) is 11.4. The molecule has 0 saturated carbocycles. The third kappa shape index (κ3) is 4.06. The largest absolute Gasteiger partial charge is 0.369 e. The van der Waals surface area contributed by atoms with E-state index < -0.39 is 0 Å². The molecule has 0 fully saturated rings. The molecule has 3 aromatic rings. The molecule has 0 unspecified atom stereocenters. The zero-order valence-corrected chi connectivity index (χ0v) is 13.1. The zero-order chi connectivity index (χ0) is 15.0. The third-order valence-electron chi connectivity index (χ3n) is 3.30. The topological polar surface area (TPSA) is 24.4 Å². The molecule has 0 bridgehead atoms. The monoisotopic (exact) mass is 306 g/mol. The minimum absolute atomic E-state index is 0.869.